The number of halogens is 1. The number of aromatic hydroxyl groups is 1. The molecule has 7 rings (SSSR count). The van der Waals surface area contributed by atoms with Crippen molar-refractivity contribution < 1.29 is 14.2 Å². The van der Waals surface area contributed by atoms with Crippen molar-refractivity contribution in [1.82, 2.24) is 24.8 Å². The van der Waals surface area contributed by atoms with E-state index in [0.717, 1.165) is 45.2 Å². The van der Waals surface area contributed by atoms with Crippen molar-refractivity contribution in [2.75, 3.05) is 50.8 Å². The zero-order valence-corrected chi connectivity index (χ0v) is 23.9. The summed E-state index contributed by atoms with van der Waals surface area (Å²) in [5, 5.41) is 21.8. The molecule has 5 heterocycles. The summed E-state index contributed by atoms with van der Waals surface area (Å²) in [6, 6.07) is 8.62. The molecule has 43 heavy (non-hydrogen) atoms. The molecule has 1 N–H and O–H groups in total. The third-order valence-electron chi connectivity index (χ3n) is 9.23. The fourth-order valence-electron chi connectivity index (χ4n) is 7.12. The van der Waals surface area contributed by atoms with Crippen molar-refractivity contribution >= 4 is 27.5 Å². The first-order valence-electron chi connectivity index (χ1n) is 14.9. The van der Waals surface area contributed by atoms with Crippen LogP contribution in [0.25, 0.3) is 32.9 Å². The second kappa shape index (κ2) is 10.9. The Kier molecular flexibility index (Phi) is 6.87. The summed E-state index contributed by atoms with van der Waals surface area (Å²) in [6.45, 7) is 4.96. The number of nitrogens with zero attached hydrogens (tertiary/aromatic N) is 7. The first kappa shape index (κ1) is 27.2. The van der Waals surface area contributed by atoms with Crippen LogP contribution in [0.4, 0.5) is 10.2 Å². The van der Waals surface area contributed by atoms with Crippen LogP contribution in [0.5, 0.6) is 11.8 Å². The minimum atomic E-state index is -0.639. The first-order chi connectivity index (χ1) is 21.0. The van der Waals surface area contributed by atoms with E-state index in [9.17, 15) is 10.4 Å². The van der Waals surface area contributed by atoms with Gasteiger partial charge in [0, 0.05) is 48.9 Å². The SMILES string of the molecule is C#Cc1cccc2cc(O)cc(-c3ncc4c(N5CCCN(C#N)CC5)nc(OCC56CCCN5CCC6)nc4c3F)c12. The highest BCUT2D eigenvalue weighted by atomic mass is 19.1. The standard InChI is InChI=1S/C33H32FN7O2/c1-2-22-7-3-8-23-17-24(42)18-25(27(22)23)29-28(34)30-26(19-36-29)31(40-12-6-11-39(21-35)15-16-40)38-32(37-30)43-20-33-9-4-13-41(33)14-5-10-33/h1,3,7-8,17-19,42H,4-6,9-16,20H2. The topological polar surface area (TPSA) is 102 Å². The molecule has 3 aliphatic rings. The average molecular weight is 578 g/mol. The van der Waals surface area contributed by atoms with Gasteiger partial charge in [-0.05, 0) is 68.8 Å². The highest BCUT2D eigenvalue weighted by molar-refractivity contribution is 6.02. The molecule has 0 bridgehead atoms. The van der Waals surface area contributed by atoms with Crippen molar-refractivity contribution in [3.05, 3.63) is 47.9 Å². The van der Waals surface area contributed by atoms with E-state index in [2.05, 4.69) is 31.9 Å². The Bertz CT molecular complexity index is 1800. The number of fused-ring (bicyclic) bond motifs is 3. The van der Waals surface area contributed by atoms with Crippen LogP contribution in [0.15, 0.2) is 36.5 Å². The number of aromatic nitrogens is 3. The Morgan fingerprint density at radius 1 is 1.05 bits per heavy atom. The van der Waals surface area contributed by atoms with E-state index in [1.807, 2.05) is 6.07 Å². The highest BCUT2D eigenvalue weighted by Gasteiger charge is 2.45. The largest absolute Gasteiger partial charge is 0.508 e. The molecule has 0 amide bonds. The van der Waals surface area contributed by atoms with Crippen LogP contribution >= 0.6 is 0 Å². The van der Waals surface area contributed by atoms with Gasteiger partial charge in [0.25, 0.3) is 0 Å². The molecule has 4 aromatic rings. The summed E-state index contributed by atoms with van der Waals surface area (Å²) in [5.41, 5.74) is 1.06. The lowest BCUT2D eigenvalue weighted by atomic mass is 9.95. The predicted molar refractivity (Wildman–Crippen MR) is 162 cm³/mol. The summed E-state index contributed by atoms with van der Waals surface area (Å²) in [7, 11) is 0. The van der Waals surface area contributed by atoms with Gasteiger partial charge >= 0.3 is 6.01 Å². The third kappa shape index (κ3) is 4.72. The van der Waals surface area contributed by atoms with Gasteiger partial charge in [-0.1, -0.05) is 18.1 Å². The fourth-order valence-corrected chi connectivity index (χ4v) is 7.12. The minimum absolute atomic E-state index is 0.0195. The van der Waals surface area contributed by atoms with E-state index in [1.54, 1.807) is 29.3 Å². The van der Waals surface area contributed by atoms with Crippen molar-refractivity contribution in [2.24, 2.45) is 0 Å². The number of anilines is 1. The van der Waals surface area contributed by atoms with Gasteiger partial charge in [-0.3, -0.25) is 9.88 Å². The maximum absolute atomic E-state index is 16.7. The lowest BCUT2D eigenvalue weighted by molar-refractivity contribution is 0.108. The van der Waals surface area contributed by atoms with Gasteiger partial charge in [0.2, 0.25) is 0 Å². The summed E-state index contributed by atoms with van der Waals surface area (Å²) in [6.07, 6.45) is 14.8. The molecule has 0 spiro atoms. The monoisotopic (exact) mass is 577 g/mol. The highest BCUT2D eigenvalue weighted by Crippen LogP contribution is 2.40. The fraction of sp³-hybridized carbons (Fsp3) is 0.394. The minimum Gasteiger partial charge on any atom is -0.508 e. The number of hydrogen-bond acceptors (Lipinski definition) is 9. The van der Waals surface area contributed by atoms with Crippen LogP contribution in [0, 0.1) is 29.6 Å². The Morgan fingerprint density at radius 3 is 2.67 bits per heavy atom. The van der Waals surface area contributed by atoms with Gasteiger partial charge in [0.15, 0.2) is 12.0 Å². The van der Waals surface area contributed by atoms with Crippen molar-refractivity contribution in [1.29, 1.82) is 5.26 Å². The summed E-state index contributed by atoms with van der Waals surface area (Å²) in [5.74, 6) is 2.56. The number of rotatable bonds is 5. The number of phenols is 1. The molecule has 0 saturated carbocycles. The number of pyridine rings is 1. The van der Waals surface area contributed by atoms with Crippen LogP contribution in [0.3, 0.4) is 0 Å². The molecule has 2 aromatic heterocycles. The van der Waals surface area contributed by atoms with Gasteiger partial charge in [0.05, 0.1) is 10.9 Å². The van der Waals surface area contributed by atoms with Crippen molar-refractivity contribution in [3.8, 4) is 41.6 Å². The normalized spacial score (nSPS) is 18.4. The molecule has 3 saturated heterocycles. The van der Waals surface area contributed by atoms with Crippen molar-refractivity contribution in [2.45, 2.75) is 37.6 Å². The smallest absolute Gasteiger partial charge is 0.319 e. The third-order valence-corrected chi connectivity index (χ3v) is 9.23. The molecule has 9 nitrogen and oxygen atoms in total. The Hall–Kier alpha value is -4.67. The van der Waals surface area contributed by atoms with Crippen LogP contribution in [0.1, 0.15) is 37.7 Å². The molecular weight excluding hydrogens is 545 g/mol. The summed E-state index contributed by atoms with van der Waals surface area (Å²) in [4.78, 5) is 20.3. The lowest BCUT2D eigenvalue weighted by Gasteiger charge is -2.31. The number of hydrogen-bond donors (Lipinski definition) is 1. The van der Waals surface area contributed by atoms with Crippen LogP contribution in [-0.2, 0) is 0 Å². The second-order valence-electron chi connectivity index (χ2n) is 11.7. The number of benzene rings is 2. The van der Waals surface area contributed by atoms with E-state index >= 15 is 4.39 Å². The molecule has 218 valence electrons. The lowest BCUT2D eigenvalue weighted by Crippen LogP contribution is -2.43. The molecule has 0 unspecified atom stereocenters. The average Bonchev–Trinajstić information content (AvgIpc) is 3.51. The second-order valence-corrected chi connectivity index (χ2v) is 11.7. The van der Waals surface area contributed by atoms with E-state index in [-0.39, 0.29) is 28.5 Å². The molecule has 0 aliphatic carbocycles. The zero-order valence-electron chi connectivity index (χ0n) is 23.9. The molecular formula is C33H32FN7O2. The molecule has 2 aromatic carbocycles. The van der Waals surface area contributed by atoms with E-state index in [4.69, 9.17) is 16.1 Å². The van der Waals surface area contributed by atoms with Crippen LogP contribution < -0.4 is 9.64 Å². The van der Waals surface area contributed by atoms with E-state index in [1.165, 1.54) is 6.07 Å². The molecule has 3 aliphatic heterocycles. The predicted octanol–water partition coefficient (Wildman–Crippen LogP) is 4.67. The van der Waals surface area contributed by atoms with Crippen molar-refractivity contribution in [3.63, 3.8) is 0 Å². The van der Waals surface area contributed by atoms with E-state index < -0.39 is 5.82 Å². The number of ether oxygens (including phenoxy) is 1. The van der Waals surface area contributed by atoms with Gasteiger partial charge in [0.1, 0.15) is 29.4 Å². The van der Waals surface area contributed by atoms with Gasteiger partial charge in [-0.2, -0.15) is 15.2 Å². The number of terminal acetylenes is 1. The molecule has 0 radical (unpaired) electrons. The molecule has 0 atom stereocenters. The van der Waals surface area contributed by atoms with Gasteiger partial charge in [-0.25, -0.2) is 4.39 Å². The van der Waals surface area contributed by atoms with Gasteiger partial charge in [-0.15, -0.1) is 6.42 Å². The quantitative estimate of drug-likeness (QED) is 0.268. The van der Waals surface area contributed by atoms with Crippen LogP contribution in [0.2, 0.25) is 0 Å². The van der Waals surface area contributed by atoms with Gasteiger partial charge < -0.3 is 19.6 Å². The van der Waals surface area contributed by atoms with Crippen LogP contribution in [-0.4, -0.2) is 81.3 Å². The Labute approximate surface area is 249 Å². The Balaban J connectivity index is 1.37. The van der Waals surface area contributed by atoms with E-state index in [0.29, 0.717) is 65.9 Å². The summed E-state index contributed by atoms with van der Waals surface area (Å²) < 4.78 is 23.0. The number of phenolic OH excluding ortho intramolecular Hbond substituents is 1. The first-order valence-corrected chi connectivity index (χ1v) is 14.9. The summed E-state index contributed by atoms with van der Waals surface area (Å²) >= 11 is 0. The molecule has 10 heteroatoms. The number of nitriles is 1. The Morgan fingerprint density at radius 2 is 1.88 bits per heavy atom. The maximum atomic E-state index is 16.7. The molecule has 3 fully saturated rings. The zero-order chi connectivity index (χ0) is 29.6. The maximum Gasteiger partial charge on any atom is 0.319 e.